The van der Waals surface area contributed by atoms with Crippen LogP contribution in [0.25, 0.3) is 0 Å². The summed E-state index contributed by atoms with van der Waals surface area (Å²) in [4.78, 5) is 29.3. The van der Waals surface area contributed by atoms with Crippen molar-refractivity contribution < 1.29 is 14.0 Å². The molecule has 0 saturated carbocycles. The van der Waals surface area contributed by atoms with Crippen molar-refractivity contribution in [3.05, 3.63) is 65.2 Å². The minimum atomic E-state index is -0.720. The van der Waals surface area contributed by atoms with Gasteiger partial charge in [0.2, 0.25) is 0 Å². The quantitative estimate of drug-likeness (QED) is 0.861. The van der Waals surface area contributed by atoms with Crippen LogP contribution in [-0.2, 0) is 0 Å². The number of aromatic nitrogens is 1. The highest BCUT2D eigenvalue weighted by molar-refractivity contribution is 5.99. The van der Waals surface area contributed by atoms with Gasteiger partial charge in [0, 0.05) is 6.20 Å². The fraction of sp³-hybridized carbons (Fsp3) is 0.278. The molecule has 0 aliphatic heterocycles. The number of aryl methyl sites for hydroxylation is 1. The number of carbonyl (C=O) groups is 2. The van der Waals surface area contributed by atoms with E-state index in [1.165, 1.54) is 29.4 Å². The van der Waals surface area contributed by atoms with Crippen LogP contribution in [0.1, 0.15) is 47.2 Å². The van der Waals surface area contributed by atoms with Gasteiger partial charge in [-0.2, -0.15) is 0 Å². The third-order valence-corrected chi connectivity index (χ3v) is 3.42. The van der Waals surface area contributed by atoms with E-state index < -0.39 is 23.2 Å². The first kappa shape index (κ1) is 17.6. The van der Waals surface area contributed by atoms with E-state index in [0.29, 0.717) is 5.56 Å². The zero-order chi connectivity index (χ0) is 17.9. The largest absolute Gasteiger partial charge is 0.291 e. The monoisotopic (exact) mass is 329 g/mol. The smallest absolute Gasteiger partial charge is 0.267 e. The SMILES string of the molecule is Cc1cccnc1C(=O)N(NC(=O)c1ccccc1F)C(C)(C)C. The molecule has 0 unspecified atom stereocenters. The molecule has 1 N–H and O–H groups in total. The van der Waals surface area contributed by atoms with Crippen molar-refractivity contribution in [2.45, 2.75) is 33.2 Å². The first-order chi connectivity index (χ1) is 11.2. The van der Waals surface area contributed by atoms with E-state index in [2.05, 4.69) is 10.4 Å². The van der Waals surface area contributed by atoms with Crippen molar-refractivity contribution >= 4 is 11.8 Å². The van der Waals surface area contributed by atoms with Crippen LogP contribution in [0.5, 0.6) is 0 Å². The summed E-state index contributed by atoms with van der Waals surface area (Å²) in [6.07, 6.45) is 1.51. The van der Waals surface area contributed by atoms with Crippen LogP contribution in [0.4, 0.5) is 4.39 Å². The molecule has 2 rings (SSSR count). The summed E-state index contributed by atoms with van der Waals surface area (Å²) in [5, 5.41) is 1.18. The summed E-state index contributed by atoms with van der Waals surface area (Å²) in [5.41, 5.74) is 2.59. The highest BCUT2D eigenvalue weighted by atomic mass is 19.1. The van der Waals surface area contributed by atoms with E-state index in [9.17, 15) is 14.0 Å². The molecule has 0 saturated heterocycles. The second kappa shape index (κ2) is 6.78. The molecule has 1 aromatic carbocycles. The van der Waals surface area contributed by atoms with Crippen LogP contribution < -0.4 is 5.43 Å². The molecule has 2 aromatic rings. The van der Waals surface area contributed by atoms with Gasteiger partial charge in [-0.3, -0.25) is 20.0 Å². The molecule has 2 amide bonds. The van der Waals surface area contributed by atoms with Crippen molar-refractivity contribution in [2.24, 2.45) is 0 Å². The highest BCUT2D eigenvalue weighted by Gasteiger charge is 2.31. The topological polar surface area (TPSA) is 62.3 Å². The lowest BCUT2D eigenvalue weighted by Gasteiger charge is -2.35. The normalized spacial score (nSPS) is 11.0. The maximum Gasteiger partial charge on any atom is 0.291 e. The van der Waals surface area contributed by atoms with Gasteiger partial charge >= 0.3 is 0 Å². The van der Waals surface area contributed by atoms with Crippen molar-refractivity contribution in [1.29, 1.82) is 0 Å². The van der Waals surface area contributed by atoms with Gasteiger partial charge in [-0.25, -0.2) is 9.40 Å². The molecule has 6 heteroatoms. The second-order valence-electron chi connectivity index (χ2n) is 6.40. The Balaban J connectivity index is 2.34. The Morgan fingerprint density at radius 2 is 1.79 bits per heavy atom. The molecule has 5 nitrogen and oxygen atoms in total. The minimum Gasteiger partial charge on any atom is -0.267 e. The number of nitrogens with zero attached hydrogens (tertiary/aromatic N) is 2. The number of benzene rings is 1. The summed E-state index contributed by atoms with van der Waals surface area (Å²) in [6.45, 7) is 7.07. The van der Waals surface area contributed by atoms with Crippen LogP contribution in [0.2, 0.25) is 0 Å². The maximum absolute atomic E-state index is 13.8. The molecule has 0 aliphatic carbocycles. The molecular formula is C18H20FN3O2. The Morgan fingerprint density at radius 1 is 1.12 bits per heavy atom. The Bertz CT molecular complexity index is 769. The van der Waals surface area contributed by atoms with E-state index >= 15 is 0 Å². The number of nitrogens with one attached hydrogen (secondary N) is 1. The number of carbonyl (C=O) groups excluding carboxylic acids is 2. The zero-order valence-electron chi connectivity index (χ0n) is 14.1. The van der Waals surface area contributed by atoms with Gasteiger partial charge in [-0.15, -0.1) is 0 Å². The van der Waals surface area contributed by atoms with Crippen molar-refractivity contribution in [3.63, 3.8) is 0 Å². The van der Waals surface area contributed by atoms with E-state index in [-0.39, 0.29) is 11.3 Å². The molecule has 1 aromatic heterocycles. The zero-order valence-corrected chi connectivity index (χ0v) is 14.1. The Kier molecular flexibility index (Phi) is 4.97. The molecular weight excluding hydrogens is 309 g/mol. The van der Waals surface area contributed by atoms with Gasteiger partial charge in [0.1, 0.15) is 11.5 Å². The Labute approximate surface area is 140 Å². The number of pyridine rings is 1. The molecule has 0 radical (unpaired) electrons. The summed E-state index contributed by atoms with van der Waals surface area (Å²) in [7, 11) is 0. The van der Waals surface area contributed by atoms with Crippen molar-refractivity contribution in [1.82, 2.24) is 15.4 Å². The molecule has 0 fully saturated rings. The fourth-order valence-electron chi connectivity index (χ4n) is 2.15. The number of hydrogen-bond donors (Lipinski definition) is 1. The van der Waals surface area contributed by atoms with Crippen LogP contribution in [0.15, 0.2) is 42.6 Å². The van der Waals surface area contributed by atoms with Gasteiger partial charge in [-0.1, -0.05) is 18.2 Å². The summed E-state index contributed by atoms with van der Waals surface area (Å²) in [5.74, 6) is -1.79. The average molecular weight is 329 g/mol. The van der Waals surface area contributed by atoms with Crippen LogP contribution in [0, 0.1) is 12.7 Å². The lowest BCUT2D eigenvalue weighted by atomic mass is 10.1. The number of hydrazine groups is 1. The summed E-state index contributed by atoms with van der Waals surface area (Å²) >= 11 is 0. The minimum absolute atomic E-state index is 0.128. The molecule has 1 heterocycles. The predicted octanol–water partition coefficient (Wildman–Crippen LogP) is 3.11. The average Bonchev–Trinajstić information content (AvgIpc) is 2.51. The number of hydrogen-bond acceptors (Lipinski definition) is 3. The van der Waals surface area contributed by atoms with E-state index in [4.69, 9.17) is 0 Å². The first-order valence-electron chi connectivity index (χ1n) is 7.53. The Morgan fingerprint density at radius 3 is 2.38 bits per heavy atom. The summed E-state index contributed by atoms with van der Waals surface area (Å²) < 4.78 is 13.8. The van der Waals surface area contributed by atoms with Crippen molar-refractivity contribution in [3.8, 4) is 0 Å². The standard InChI is InChI=1S/C18H20FN3O2/c1-12-8-7-11-20-15(12)17(24)22(18(2,3)4)21-16(23)13-9-5-6-10-14(13)19/h5-11H,1-4H3,(H,21,23). The Hall–Kier alpha value is -2.76. The van der Waals surface area contributed by atoms with Crippen LogP contribution in [0.3, 0.4) is 0 Å². The second-order valence-corrected chi connectivity index (χ2v) is 6.40. The van der Waals surface area contributed by atoms with Gasteiger partial charge in [0.25, 0.3) is 11.8 Å². The molecule has 0 spiro atoms. The third-order valence-electron chi connectivity index (χ3n) is 3.42. The maximum atomic E-state index is 13.8. The molecule has 0 atom stereocenters. The molecule has 126 valence electrons. The van der Waals surface area contributed by atoms with Gasteiger partial charge in [-0.05, 0) is 51.5 Å². The number of amides is 2. The van der Waals surface area contributed by atoms with Gasteiger partial charge < -0.3 is 0 Å². The number of rotatable bonds is 2. The first-order valence-corrected chi connectivity index (χ1v) is 7.53. The van der Waals surface area contributed by atoms with Crippen LogP contribution >= 0.6 is 0 Å². The molecule has 24 heavy (non-hydrogen) atoms. The highest BCUT2D eigenvalue weighted by Crippen LogP contribution is 2.17. The van der Waals surface area contributed by atoms with Gasteiger partial charge in [0.15, 0.2) is 0 Å². The fourth-order valence-corrected chi connectivity index (χ4v) is 2.15. The van der Waals surface area contributed by atoms with E-state index in [1.807, 2.05) is 0 Å². The van der Waals surface area contributed by atoms with Gasteiger partial charge in [0.05, 0.1) is 11.1 Å². The van der Waals surface area contributed by atoms with E-state index in [1.54, 1.807) is 45.9 Å². The van der Waals surface area contributed by atoms with Crippen LogP contribution in [-0.4, -0.2) is 27.3 Å². The molecule has 0 aliphatic rings. The molecule has 0 bridgehead atoms. The summed E-state index contributed by atoms with van der Waals surface area (Å²) in [6, 6.07) is 9.11. The predicted molar refractivity (Wildman–Crippen MR) is 88.8 cm³/mol. The van der Waals surface area contributed by atoms with E-state index in [0.717, 1.165) is 0 Å². The third kappa shape index (κ3) is 3.76. The lowest BCUT2D eigenvalue weighted by molar-refractivity contribution is 0.0351. The lowest BCUT2D eigenvalue weighted by Crippen LogP contribution is -2.56. The van der Waals surface area contributed by atoms with Crippen molar-refractivity contribution in [2.75, 3.05) is 0 Å². The number of halogens is 1.